The largest absolute Gasteiger partial charge is 0.418 e. The summed E-state index contributed by atoms with van der Waals surface area (Å²) >= 11 is 0. The van der Waals surface area contributed by atoms with Gasteiger partial charge in [-0.2, -0.15) is 27.3 Å². The number of halogens is 3. The van der Waals surface area contributed by atoms with Gasteiger partial charge in [0.15, 0.2) is 0 Å². The van der Waals surface area contributed by atoms with E-state index in [4.69, 9.17) is 4.74 Å². The molecule has 2 saturated heterocycles. The second kappa shape index (κ2) is 14.0. The zero-order chi connectivity index (χ0) is 36.8. The number of pyridine rings is 1. The first-order chi connectivity index (χ1) is 24.8. The fourth-order valence-electron chi connectivity index (χ4n) is 7.03. The van der Waals surface area contributed by atoms with Gasteiger partial charge < -0.3 is 20.3 Å². The third-order valence-electron chi connectivity index (χ3n) is 9.78. The topological polar surface area (TPSA) is 136 Å². The number of alkyl halides is 3. The number of rotatable bonds is 8. The van der Waals surface area contributed by atoms with Crippen molar-refractivity contribution in [2.75, 3.05) is 49.6 Å². The Kier molecular flexibility index (Phi) is 9.56. The predicted octanol–water partition coefficient (Wildman–Crippen LogP) is 5.16. The monoisotopic (exact) mass is 736 g/mol. The molecule has 16 heteroatoms. The molecule has 5 heterocycles. The third kappa shape index (κ3) is 6.77. The number of aromatic nitrogens is 5. The molecule has 0 amide bonds. The minimum atomic E-state index is -4.60. The van der Waals surface area contributed by atoms with Crippen LogP contribution in [0.4, 0.5) is 30.5 Å². The van der Waals surface area contributed by atoms with Crippen molar-refractivity contribution in [3.8, 4) is 11.1 Å². The summed E-state index contributed by atoms with van der Waals surface area (Å²) in [5, 5.41) is 10.3. The molecule has 0 bridgehead atoms. The highest BCUT2D eigenvalue weighted by Gasteiger charge is 2.36. The molecular formula is C36H39F3N8O4S. The first-order valence-corrected chi connectivity index (χ1v) is 18.6. The van der Waals surface area contributed by atoms with Crippen LogP contribution >= 0.6 is 0 Å². The van der Waals surface area contributed by atoms with Crippen molar-refractivity contribution in [2.24, 2.45) is 0 Å². The molecule has 5 aromatic rings. The number of nitrogens with zero attached hydrogens (tertiary/aromatic N) is 6. The molecule has 3 aromatic heterocycles. The van der Waals surface area contributed by atoms with Gasteiger partial charge >= 0.3 is 6.18 Å². The summed E-state index contributed by atoms with van der Waals surface area (Å²) in [7, 11) is -3.87. The van der Waals surface area contributed by atoms with Crippen molar-refractivity contribution in [2.45, 2.75) is 51.6 Å². The van der Waals surface area contributed by atoms with Gasteiger partial charge in [0, 0.05) is 67.9 Å². The summed E-state index contributed by atoms with van der Waals surface area (Å²) in [4.78, 5) is 25.3. The molecule has 0 aliphatic carbocycles. The van der Waals surface area contributed by atoms with E-state index in [1.165, 1.54) is 16.8 Å². The maximum Gasteiger partial charge on any atom is 0.418 e. The molecule has 2 N–H and O–H groups in total. The maximum atomic E-state index is 14.5. The number of hydrogen-bond donors (Lipinski definition) is 2. The van der Waals surface area contributed by atoms with E-state index in [0.717, 1.165) is 21.3 Å². The van der Waals surface area contributed by atoms with E-state index >= 15 is 0 Å². The van der Waals surface area contributed by atoms with E-state index in [1.54, 1.807) is 30.9 Å². The van der Waals surface area contributed by atoms with Crippen molar-refractivity contribution in [3.63, 3.8) is 0 Å². The number of benzene rings is 2. The first-order valence-electron chi connectivity index (χ1n) is 17.1. The number of piperazine rings is 1. The number of nitrogens with one attached hydrogen (secondary N) is 2. The summed E-state index contributed by atoms with van der Waals surface area (Å²) < 4.78 is 78.1. The summed E-state index contributed by atoms with van der Waals surface area (Å²) in [5.74, 6) is 0.00367. The van der Waals surface area contributed by atoms with E-state index in [0.29, 0.717) is 74.6 Å². The highest BCUT2D eigenvalue weighted by Crippen LogP contribution is 2.39. The number of fused-ring (bicyclic) bond motifs is 1. The van der Waals surface area contributed by atoms with Gasteiger partial charge in [-0.25, -0.2) is 13.4 Å². The number of ether oxygens (including phenoxy) is 1. The van der Waals surface area contributed by atoms with Gasteiger partial charge in [-0.3, -0.25) is 9.36 Å². The van der Waals surface area contributed by atoms with Crippen LogP contribution in [0.2, 0.25) is 0 Å². The molecule has 12 nitrogen and oxygen atoms in total. The van der Waals surface area contributed by atoms with Crippen LogP contribution in [0.5, 0.6) is 0 Å². The SMILES string of the molecule is Cc1ccccc1Cn1c(=O)c(-c2c(C)nn(S(=O)(=O)C3CCOCC3)c2C)cc2cnc(Nc3ccc(N4CCNCC4)c(C(F)(F)F)c3)nc21. The van der Waals surface area contributed by atoms with E-state index in [1.807, 2.05) is 31.2 Å². The number of anilines is 3. The summed E-state index contributed by atoms with van der Waals surface area (Å²) in [6.45, 7) is 8.11. The molecule has 7 rings (SSSR count). The molecule has 0 radical (unpaired) electrons. The van der Waals surface area contributed by atoms with Crippen LogP contribution in [0.1, 0.15) is 40.9 Å². The Labute approximate surface area is 298 Å². The van der Waals surface area contributed by atoms with Crippen LogP contribution in [0, 0.1) is 20.8 Å². The standard InChI is InChI=1S/C36H39F3N8O4S/c1-22-6-4-5-7-25(22)21-46-33-26(18-29(34(46)48)32-23(2)44-47(24(32)3)52(49,50)28-10-16-51-17-11-28)20-41-35(43-33)42-27-8-9-31(30(19-27)36(37,38)39)45-14-12-40-13-15-45/h4-9,18-20,28,40H,10-17,21H2,1-3H3,(H,41,42,43). The van der Waals surface area contributed by atoms with Crippen LogP contribution in [0.15, 0.2) is 59.5 Å². The van der Waals surface area contributed by atoms with Gasteiger partial charge in [0.1, 0.15) is 5.65 Å². The Balaban J connectivity index is 1.32. The summed E-state index contributed by atoms with van der Waals surface area (Å²) in [6.07, 6.45) is -2.40. The van der Waals surface area contributed by atoms with Crippen LogP contribution in [0.3, 0.4) is 0 Å². The quantitative estimate of drug-likeness (QED) is 0.220. The van der Waals surface area contributed by atoms with Crippen LogP contribution in [-0.4, -0.2) is 76.8 Å². The summed E-state index contributed by atoms with van der Waals surface area (Å²) in [6, 6.07) is 13.2. The molecule has 2 aliphatic rings. The molecule has 2 fully saturated rings. The molecule has 0 atom stereocenters. The second-order valence-electron chi connectivity index (χ2n) is 13.2. The van der Waals surface area contributed by atoms with Crippen molar-refractivity contribution in [1.82, 2.24) is 29.0 Å². The van der Waals surface area contributed by atoms with Crippen molar-refractivity contribution >= 4 is 38.4 Å². The molecule has 0 spiro atoms. The Hall–Kier alpha value is -4.80. The van der Waals surface area contributed by atoms with E-state index in [9.17, 15) is 26.4 Å². The minimum absolute atomic E-state index is 0.00367. The molecule has 2 aromatic carbocycles. The van der Waals surface area contributed by atoms with Gasteiger partial charge in [0.25, 0.3) is 15.6 Å². The summed E-state index contributed by atoms with van der Waals surface area (Å²) in [5.41, 5.74) is 2.38. The van der Waals surface area contributed by atoms with Crippen LogP contribution in [0.25, 0.3) is 22.2 Å². The van der Waals surface area contributed by atoms with Gasteiger partial charge in [0.05, 0.1) is 34.3 Å². The smallest absolute Gasteiger partial charge is 0.381 e. The average Bonchev–Trinajstić information content (AvgIpc) is 3.44. The van der Waals surface area contributed by atoms with Crippen LogP contribution in [-0.2, 0) is 27.5 Å². The Morgan fingerprint density at radius 2 is 1.75 bits per heavy atom. The Morgan fingerprint density at radius 1 is 1.02 bits per heavy atom. The Morgan fingerprint density at radius 3 is 2.46 bits per heavy atom. The van der Waals surface area contributed by atoms with Gasteiger partial charge in [-0.15, -0.1) is 0 Å². The molecule has 274 valence electrons. The van der Waals surface area contributed by atoms with E-state index in [-0.39, 0.29) is 35.1 Å². The predicted molar refractivity (Wildman–Crippen MR) is 193 cm³/mol. The number of aryl methyl sites for hydroxylation is 2. The average molecular weight is 737 g/mol. The fraction of sp³-hybridized carbons (Fsp3) is 0.389. The van der Waals surface area contributed by atoms with Gasteiger partial charge in [-0.1, -0.05) is 24.3 Å². The van der Waals surface area contributed by atoms with Gasteiger partial charge in [-0.05, 0) is 69.0 Å². The third-order valence-corrected chi connectivity index (χ3v) is 11.9. The lowest BCUT2D eigenvalue weighted by molar-refractivity contribution is -0.137. The lowest BCUT2D eigenvalue weighted by atomic mass is 10.0. The fourth-order valence-corrected chi connectivity index (χ4v) is 8.81. The maximum absolute atomic E-state index is 14.5. The molecule has 52 heavy (non-hydrogen) atoms. The highest BCUT2D eigenvalue weighted by atomic mass is 32.2. The molecule has 0 unspecified atom stereocenters. The molecule has 0 saturated carbocycles. The number of hydrogen-bond acceptors (Lipinski definition) is 10. The van der Waals surface area contributed by atoms with Crippen molar-refractivity contribution in [3.05, 3.63) is 93.2 Å². The van der Waals surface area contributed by atoms with Gasteiger partial charge in [0.2, 0.25) is 5.95 Å². The first kappa shape index (κ1) is 35.6. The normalized spacial score (nSPS) is 16.1. The highest BCUT2D eigenvalue weighted by molar-refractivity contribution is 7.90. The molecular weight excluding hydrogens is 698 g/mol. The zero-order valence-corrected chi connectivity index (χ0v) is 29.8. The Bertz CT molecular complexity index is 2310. The zero-order valence-electron chi connectivity index (χ0n) is 29.0. The second-order valence-corrected chi connectivity index (χ2v) is 15.2. The lowest BCUT2D eigenvalue weighted by Crippen LogP contribution is -2.44. The van der Waals surface area contributed by atoms with Crippen molar-refractivity contribution in [1.29, 1.82) is 0 Å². The lowest BCUT2D eigenvalue weighted by Gasteiger charge is -2.31. The van der Waals surface area contributed by atoms with E-state index in [2.05, 4.69) is 25.7 Å². The molecule has 2 aliphatic heterocycles. The minimum Gasteiger partial charge on any atom is -0.381 e. The van der Waals surface area contributed by atoms with E-state index < -0.39 is 32.6 Å². The van der Waals surface area contributed by atoms with Crippen molar-refractivity contribution < 1.29 is 26.3 Å². The van der Waals surface area contributed by atoms with Crippen LogP contribution < -0.4 is 21.1 Å².